The number of nitrogens with zero attached hydrogens (tertiary/aromatic N) is 2. The number of hydrogen-bond donors (Lipinski definition) is 5. The van der Waals surface area contributed by atoms with Crippen LogP contribution in [0.3, 0.4) is 0 Å². The van der Waals surface area contributed by atoms with Gasteiger partial charge in [-0.3, -0.25) is 4.72 Å². The summed E-state index contributed by atoms with van der Waals surface area (Å²) in [4.78, 5) is 3.16. The van der Waals surface area contributed by atoms with Crippen LogP contribution in [0, 0.1) is 5.82 Å². The molecular weight excluding hydrogens is 443 g/mol. The van der Waals surface area contributed by atoms with E-state index in [1.54, 1.807) is 0 Å². The van der Waals surface area contributed by atoms with Gasteiger partial charge in [0.15, 0.2) is 0 Å². The molecule has 29 heavy (non-hydrogen) atoms. The third-order valence-electron chi connectivity index (χ3n) is 4.40. The first-order chi connectivity index (χ1) is 13.9. The van der Waals surface area contributed by atoms with E-state index in [0.717, 1.165) is 49.6 Å². The first kappa shape index (κ1) is 22.1. The maximum atomic E-state index is 14.4. The Morgan fingerprint density at radius 2 is 2.10 bits per heavy atom. The monoisotopic (exact) mass is 464 g/mol. The summed E-state index contributed by atoms with van der Waals surface area (Å²) < 4.78 is 44.9. The van der Waals surface area contributed by atoms with Crippen LogP contribution in [0.15, 0.2) is 23.4 Å². The number of nitrogens with one attached hydrogen (secondary N) is 4. The maximum absolute atomic E-state index is 14.4. The standard InChI is InChI=1S/C16H22ClFN6O3S2/c17-10-5-15(29(26,27)24-16-22-9-23-28-16)11(18)6-12(10)20-3-1-2-4-21-13-7-19-8-14(13)25/h5-6,9,13-14,19-21,25H,1-4,7-8H2,(H,22,23,24)/t13-,14-/m0/s1. The van der Waals surface area contributed by atoms with Crippen LogP contribution in [0.5, 0.6) is 0 Å². The van der Waals surface area contributed by atoms with Crippen molar-refractivity contribution in [2.24, 2.45) is 0 Å². The Bertz CT molecular complexity index is 916. The molecule has 5 N–H and O–H groups in total. The van der Waals surface area contributed by atoms with Crippen LogP contribution < -0.4 is 20.7 Å². The van der Waals surface area contributed by atoms with E-state index in [2.05, 4.69) is 30.0 Å². The zero-order valence-electron chi connectivity index (χ0n) is 15.4. The number of sulfonamides is 1. The van der Waals surface area contributed by atoms with Crippen molar-refractivity contribution in [3.05, 3.63) is 29.3 Å². The topological polar surface area (TPSA) is 128 Å². The summed E-state index contributed by atoms with van der Waals surface area (Å²) >= 11 is 6.98. The fourth-order valence-corrected chi connectivity index (χ4v) is 4.93. The van der Waals surface area contributed by atoms with Crippen molar-refractivity contribution < 1.29 is 17.9 Å². The van der Waals surface area contributed by atoms with Crippen LogP contribution in [-0.2, 0) is 10.0 Å². The van der Waals surface area contributed by atoms with Gasteiger partial charge in [0.25, 0.3) is 10.0 Å². The molecule has 1 fully saturated rings. The Morgan fingerprint density at radius 3 is 2.79 bits per heavy atom. The third-order valence-corrected chi connectivity index (χ3v) is 6.78. The van der Waals surface area contributed by atoms with Crippen LogP contribution in [0.1, 0.15) is 12.8 Å². The van der Waals surface area contributed by atoms with Gasteiger partial charge in [-0.15, -0.1) is 0 Å². The smallest absolute Gasteiger partial charge is 0.266 e. The van der Waals surface area contributed by atoms with E-state index in [9.17, 15) is 17.9 Å². The molecule has 1 aliphatic heterocycles. The van der Waals surface area contributed by atoms with Gasteiger partial charge in [-0.2, -0.15) is 4.37 Å². The molecule has 0 bridgehead atoms. The predicted molar refractivity (Wildman–Crippen MR) is 111 cm³/mol. The van der Waals surface area contributed by atoms with Crippen LogP contribution in [0.4, 0.5) is 15.2 Å². The number of aromatic nitrogens is 2. The van der Waals surface area contributed by atoms with Crippen molar-refractivity contribution in [1.29, 1.82) is 0 Å². The van der Waals surface area contributed by atoms with Crippen LogP contribution in [0.25, 0.3) is 0 Å². The summed E-state index contributed by atoms with van der Waals surface area (Å²) in [5.41, 5.74) is 0.322. The molecule has 0 aliphatic carbocycles. The van der Waals surface area contributed by atoms with Crippen molar-refractivity contribution >= 4 is 44.0 Å². The normalized spacial score (nSPS) is 19.4. The Balaban J connectivity index is 1.50. The molecule has 0 spiro atoms. The second kappa shape index (κ2) is 9.96. The number of aliphatic hydroxyl groups is 1. The lowest BCUT2D eigenvalue weighted by Gasteiger charge is -2.15. The SMILES string of the molecule is O=S(=O)(Nc1ncns1)c1cc(Cl)c(NCCCCN[C@H]2CNC[C@@H]2O)cc1F. The van der Waals surface area contributed by atoms with Crippen molar-refractivity contribution in [1.82, 2.24) is 20.0 Å². The summed E-state index contributed by atoms with van der Waals surface area (Å²) in [6, 6.07) is 2.20. The summed E-state index contributed by atoms with van der Waals surface area (Å²) in [5, 5.41) is 19.3. The zero-order chi connectivity index (χ0) is 20.9. The van der Waals surface area contributed by atoms with Gasteiger partial charge < -0.3 is 21.1 Å². The predicted octanol–water partition coefficient (Wildman–Crippen LogP) is 1.25. The molecule has 0 saturated carbocycles. The summed E-state index contributed by atoms with van der Waals surface area (Å²) in [5.74, 6) is -0.918. The molecule has 2 aromatic rings. The molecule has 1 aromatic heterocycles. The zero-order valence-corrected chi connectivity index (χ0v) is 17.7. The van der Waals surface area contributed by atoms with Gasteiger partial charge in [-0.05, 0) is 31.5 Å². The molecule has 0 unspecified atom stereocenters. The molecule has 13 heteroatoms. The van der Waals surface area contributed by atoms with E-state index >= 15 is 0 Å². The molecule has 9 nitrogen and oxygen atoms in total. The van der Waals surface area contributed by atoms with Gasteiger partial charge >= 0.3 is 0 Å². The third kappa shape index (κ3) is 5.96. The molecule has 1 aliphatic rings. The first-order valence-electron chi connectivity index (χ1n) is 9.01. The highest BCUT2D eigenvalue weighted by Crippen LogP contribution is 2.29. The van der Waals surface area contributed by atoms with Crippen molar-refractivity contribution in [3.8, 4) is 0 Å². The molecule has 0 amide bonds. The lowest BCUT2D eigenvalue weighted by molar-refractivity contribution is 0.163. The van der Waals surface area contributed by atoms with Gasteiger partial charge in [0.2, 0.25) is 5.13 Å². The van der Waals surface area contributed by atoms with Gasteiger partial charge in [0, 0.05) is 37.2 Å². The highest BCUT2D eigenvalue weighted by atomic mass is 35.5. The van der Waals surface area contributed by atoms with E-state index < -0.39 is 20.7 Å². The molecule has 2 atom stereocenters. The Kier molecular flexibility index (Phi) is 7.60. The number of β-amino-alcohol motifs (C(OH)–C–C–N with tert-alkyl or cyclic N) is 1. The summed E-state index contributed by atoms with van der Waals surface area (Å²) in [6.45, 7) is 2.64. The largest absolute Gasteiger partial charge is 0.390 e. The second-order valence-electron chi connectivity index (χ2n) is 6.53. The van der Waals surface area contributed by atoms with Crippen molar-refractivity contribution in [3.63, 3.8) is 0 Å². The molecule has 3 rings (SSSR count). The number of rotatable bonds is 10. The van der Waals surface area contributed by atoms with Crippen molar-refractivity contribution in [2.75, 3.05) is 36.2 Å². The van der Waals surface area contributed by atoms with Crippen LogP contribution in [-0.4, -0.2) is 61.2 Å². The van der Waals surface area contributed by atoms with Gasteiger partial charge in [-0.1, -0.05) is 11.6 Å². The molecular formula is C16H22ClFN6O3S2. The number of unbranched alkanes of at least 4 members (excludes halogenated alkanes) is 1. The fraction of sp³-hybridized carbons (Fsp3) is 0.500. The lowest BCUT2D eigenvalue weighted by Crippen LogP contribution is -2.39. The first-order valence-corrected chi connectivity index (χ1v) is 11.6. The van der Waals surface area contributed by atoms with E-state index in [1.165, 1.54) is 6.33 Å². The van der Waals surface area contributed by atoms with Gasteiger partial charge in [-0.25, -0.2) is 17.8 Å². The molecule has 1 saturated heterocycles. The highest BCUT2D eigenvalue weighted by molar-refractivity contribution is 7.93. The number of halogens is 2. The Hall–Kier alpha value is -1.57. The molecule has 1 aromatic carbocycles. The van der Waals surface area contributed by atoms with E-state index in [-0.39, 0.29) is 22.3 Å². The minimum Gasteiger partial charge on any atom is -0.390 e. The summed E-state index contributed by atoms with van der Waals surface area (Å²) in [6.07, 6.45) is 2.47. The molecule has 160 valence electrons. The quantitative estimate of drug-likeness (QED) is 0.332. The Labute approximate surface area is 177 Å². The van der Waals surface area contributed by atoms with E-state index in [1.807, 2.05) is 0 Å². The number of anilines is 2. The van der Waals surface area contributed by atoms with Crippen LogP contribution >= 0.6 is 23.1 Å². The average Bonchev–Trinajstić information content (AvgIpc) is 3.31. The number of benzene rings is 1. The fourth-order valence-electron chi connectivity index (χ4n) is 2.89. The second-order valence-corrected chi connectivity index (χ2v) is 9.37. The Morgan fingerprint density at radius 1 is 1.31 bits per heavy atom. The minimum absolute atomic E-state index is 0.0391. The number of hydrogen-bond acceptors (Lipinski definition) is 9. The van der Waals surface area contributed by atoms with E-state index in [0.29, 0.717) is 18.8 Å². The average molecular weight is 465 g/mol. The van der Waals surface area contributed by atoms with Crippen LogP contribution in [0.2, 0.25) is 5.02 Å². The van der Waals surface area contributed by atoms with Gasteiger partial charge in [0.1, 0.15) is 17.0 Å². The summed E-state index contributed by atoms with van der Waals surface area (Å²) in [7, 11) is -4.16. The molecule has 2 heterocycles. The van der Waals surface area contributed by atoms with Gasteiger partial charge in [0.05, 0.1) is 16.8 Å². The lowest BCUT2D eigenvalue weighted by atomic mass is 10.2. The highest BCUT2D eigenvalue weighted by Gasteiger charge is 2.24. The number of aliphatic hydroxyl groups excluding tert-OH is 1. The van der Waals surface area contributed by atoms with Crippen molar-refractivity contribution in [2.45, 2.75) is 29.9 Å². The van der Waals surface area contributed by atoms with E-state index in [4.69, 9.17) is 11.6 Å². The molecule has 0 radical (unpaired) electrons. The minimum atomic E-state index is -4.16. The maximum Gasteiger partial charge on any atom is 0.266 e.